The lowest BCUT2D eigenvalue weighted by Crippen LogP contribution is -2.07. The van der Waals surface area contributed by atoms with Gasteiger partial charge in [0.05, 0.1) is 5.56 Å². The molecule has 0 atom stereocenters. The molecule has 0 unspecified atom stereocenters. The Kier molecular flexibility index (Phi) is 4.63. The molecule has 2 aromatic carbocycles. The summed E-state index contributed by atoms with van der Waals surface area (Å²) in [4.78, 5) is 11.0. The molecule has 0 aromatic heterocycles. The first-order valence-electron chi connectivity index (χ1n) is 6.01. The van der Waals surface area contributed by atoms with Crippen molar-refractivity contribution in [2.45, 2.75) is 6.18 Å². The SMILES string of the molecule is O=Cc1cc(C(F)(F)F)c(Br)cc1/C=C/c1ccccc1. The van der Waals surface area contributed by atoms with E-state index in [1.54, 1.807) is 12.2 Å². The highest BCUT2D eigenvalue weighted by atomic mass is 79.9. The number of carbonyl (C=O) groups is 1. The molecule has 2 rings (SSSR count). The summed E-state index contributed by atoms with van der Waals surface area (Å²) in [6.45, 7) is 0. The van der Waals surface area contributed by atoms with Gasteiger partial charge in [-0.2, -0.15) is 13.2 Å². The number of rotatable bonds is 3. The van der Waals surface area contributed by atoms with Crippen molar-refractivity contribution in [1.29, 1.82) is 0 Å². The maximum Gasteiger partial charge on any atom is 0.417 e. The molecule has 0 saturated heterocycles. The van der Waals surface area contributed by atoms with Crippen molar-refractivity contribution in [3.63, 3.8) is 0 Å². The second-order valence-electron chi connectivity index (χ2n) is 4.32. The van der Waals surface area contributed by atoms with Gasteiger partial charge in [0.1, 0.15) is 0 Å². The highest BCUT2D eigenvalue weighted by Crippen LogP contribution is 2.36. The van der Waals surface area contributed by atoms with Gasteiger partial charge in [-0.1, -0.05) is 58.4 Å². The summed E-state index contributed by atoms with van der Waals surface area (Å²) in [6.07, 6.45) is -0.726. The van der Waals surface area contributed by atoms with E-state index in [0.29, 0.717) is 11.8 Å². The summed E-state index contributed by atoms with van der Waals surface area (Å²) in [6, 6.07) is 11.4. The molecule has 1 nitrogen and oxygen atoms in total. The van der Waals surface area contributed by atoms with Crippen LogP contribution in [0.2, 0.25) is 0 Å². The Morgan fingerprint density at radius 1 is 0.952 bits per heavy atom. The van der Waals surface area contributed by atoms with E-state index in [-0.39, 0.29) is 10.0 Å². The van der Waals surface area contributed by atoms with E-state index < -0.39 is 11.7 Å². The van der Waals surface area contributed by atoms with E-state index in [1.807, 2.05) is 30.3 Å². The molecule has 0 radical (unpaired) electrons. The van der Waals surface area contributed by atoms with Crippen LogP contribution in [0.25, 0.3) is 12.2 Å². The zero-order chi connectivity index (χ0) is 15.5. The minimum absolute atomic E-state index is 0.00212. The Hall–Kier alpha value is -1.88. The van der Waals surface area contributed by atoms with Gasteiger partial charge >= 0.3 is 6.18 Å². The van der Waals surface area contributed by atoms with Gasteiger partial charge in [0.25, 0.3) is 0 Å². The molecule has 0 amide bonds. The van der Waals surface area contributed by atoms with E-state index in [9.17, 15) is 18.0 Å². The lowest BCUT2D eigenvalue weighted by molar-refractivity contribution is -0.138. The molecular formula is C16H10BrF3O. The summed E-state index contributed by atoms with van der Waals surface area (Å²) in [7, 11) is 0. The van der Waals surface area contributed by atoms with Gasteiger partial charge in [-0.25, -0.2) is 0 Å². The minimum Gasteiger partial charge on any atom is -0.298 e. The molecule has 0 saturated carbocycles. The zero-order valence-corrected chi connectivity index (χ0v) is 12.3. The standard InChI is InChI=1S/C16H10BrF3O/c17-15-9-12(7-6-11-4-2-1-3-5-11)13(10-21)8-14(15)16(18,19)20/h1-10H/b7-6+. The monoisotopic (exact) mass is 354 g/mol. The molecule has 0 heterocycles. The smallest absolute Gasteiger partial charge is 0.298 e. The van der Waals surface area contributed by atoms with Crippen LogP contribution in [0.1, 0.15) is 27.0 Å². The minimum atomic E-state index is -4.50. The van der Waals surface area contributed by atoms with Crippen LogP contribution in [0.15, 0.2) is 46.9 Å². The number of aldehydes is 1. The number of carbonyl (C=O) groups excluding carboxylic acids is 1. The van der Waals surface area contributed by atoms with Gasteiger partial charge in [-0.15, -0.1) is 0 Å². The second kappa shape index (κ2) is 6.26. The molecule has 2 aromatic rings. The Morgan fingerprint density at radius 3 is 2.19 bits per heavy atom. The summed E-state index contributed by atoms with van der Waals surface area (Å²) in [5, 5.41) is 0. The Labute approximate surface area is 128 Å². The third kappa shape index (κ3) is 3.82. The molecule has 5 heteroatoms. The summed E-state index contributed by atoms with van der Waals surface area (Å²) in [5.74, 6) is 0. The topological polar surface area (TPSA) is 17.1 Å². The average Bonchev–Trinajstić information content (AvgIpc) is 2.45. The number of hydrogen-bond donors (Lipinski definition) is 0. The van der Waals surface area contributed by atoms with Crippen LogP contribution >= 0.6 is 15.9 Å². The normalized spacial score (nSPS) is 11.8. The quantitative estimate of drug-likeness (QED) is 0.529. The highest BCUT2D eigenvalue weighted by molar-refractivity contribution is 9.10. The van der Waals surface area contributed by atoms with Crippen molar-refractivity contribution in [2.75, 3.05) is 0 Å². The number of hydrogen-bond acceptors (Lipinski definition) is 1. The first-order chi connectivity index (χ1) is 9.91. The molecule has 0 fully saturated rings. The third-order valence-electron chi connectivity index (χ3n) is 2.86. The van der Waals surface area contributed by atoms with E-state index in [1.165, 1.54) is 6.07 Å². The van der Waals surface area contributed by atoms with Crippen molar-refractivity contribution in [1.82, 2.24) is 0 Å². The van der Waals surface area contributed by atoms with Gasteiger partial charge in [0.15, 0.2) is 6.29 Å². The molecule has 0 bridgehead atoms. The zero-order valence-electron chi connectivity index (χ0n) is 10.7. The molecule has 0 spiro atoms. The van der Waals surface area contributed by atoms with Crippen molar-refractivity contribution in [2.24, 2.45) is 0 Å². The van der Waals surface area contributed by atoms with Gasteiger partial charge < -0.3 is 0 Å². The number of halogens is 4. The first-order valence-corrected chi connectivity index (χ1v) is 6.80. The molecular weight excluding hydrogens is 345 g/mol. The van der Waals surface area contributed by atoms with Gasteiger partial charge in [-0.3, -0.25) is 4.79 Å². The predicted octanol–water partition coefficient (Wildman–Crippen LogP) is 5.45. The Bertz CT molecular complexity index is 676. The Balaban J connectivity index is 2.43. The number of benzene rings is 2. The van der Waals surface area contributed by atoms with Crippen molar-refractivity contribution in [3.8, 4) is 0 Å². The van der Waals surface area contributed by atoms with Gasteiger partial charge in [0.2, 0.25) is 0 Å². The maximum absolute atomic E-state index is 12.8. The molecule has 21 heavy (non-hydrogen) atoms. The lowest BCUT2D eigenvalue weighted by Gasteiger charge is -2.11. The van der Waals surface area contributed by atoms with Crippen LogP contribution in [0.5, 0.6) is 0 Å². The third-order valence-corrected chi connectivity index (χ3v) is 3.52. The molecule has 108 valence electrons. The molecule has 0 aliphatic carbocycles. The second-order valence-corrected chi connectivity index (χ2v) is 5.17. The van der Waals surface area contributed by atoms with Crippen LogP contribution in [0.3, 0.4) is 0 Å². The summed E-state index contributed by atoms with van der Waals surface area (Å²) in [5.41, 5.74) is 0.457. The van der Waals surface area contributed by atoms with Gasteiger partial charge in [0, 0.05) is 10.0 Å². The van der Waals surface area contributed by atoms with Crippen LogP contribution in [-0.4, -0.2) is 6.29 Å². The van der Waals surface area contributed by atoms with E-state index >= 15 is 0 Å². The van der Waals surface area contributed by atoms with Crippen LogP contribution in [-0.2, 0) is 6.18 Å². The van der Waals surface area contributed by atoms with Crippen molar-refractivity contribution in [3.05, 3.63) is 69.2 Å². The fourth-order valence-corrected chi connectivity index (χ4v) is 2.41. The summed E-state index contributed by atoms with van der Waals surface area (Å²) >= 11 is 2.90. The average molecular weight is 355 g/mol. The van der Waals surface area contributed by atoms with Crippen LogP contribution in [0, 0.1) is 0 Å². The Morgan fingerprint density at radius 2 is 1.62 bits per heavy atom. The van der Waals surface area contributed by atoms with Crippen molar-refractivity contribution < 1.29 is 18.0 Å². The van der Waals surface area contributed by atoms with E-state index in [0.717, 1.165) is 11.6 Å². The molecule has 0 aliphatic rings. The molecule has 0 aliphatic heterocycles. The summed E-state index contributed by atoms with van der Waals surface area (Å²) < 4.78 is 38.3. The van der Waals surface area contributed by atoms with Gasteiger partial charge in [-0.05, 0) is 23.3 Å². The van der Waals surface area contributed by atoms with Crippen LogP contribution < -0.4 is 0 Å². The first kappa shape index (κ1) is 15.5. The predicted molar refractivity (Wildman–Crippen MR) is 79.9 cm³/mol. The fraction of sp³-hybridized carbons (Fsp3) is 0.0625. The highest BCUT2D eigenvalue weighted by Gasteiger charge is 2.33. The molecule has 0 N–H and O–H groups in total. The van der Waals surface area contributed by atoms with E-state index in [4.69, 9.17) is 0 Å². The van der Waals surface area contributed by atoms with Crippen LogP contribution in [0.4, 0.5) is 13.2 Å². The maximum atomic E-state index is 12.8. The largest absolute Gasteiger partial charge is 0.417 e. The number of alkyl halides is 3. The lowest BCUT2D eigenvalue weighted by atomic mass is 10.0. The van der Waals surface area contributed by atoms with E-state index in [2.05, 4.69) is 15.9 Å². The van der Waals surface area contributed by atoms with Crippen molar-refractivity contribution >= 4 is 34.4 Å². The fourth-order valence-electron chi connectivity index (χ4n) is 1.82.